The summed E-state index contributed by atoms with van der Waals surface area (Å²) in [6, 6.07) is 3.91. The number of benzene rings is 1. The van der Waals surface area contributed by atoms with E-state index in [1.54, 1.807) is 0 Å². The second-order valence-corrected chi connectivity index (χ2v) is 5.27. The number of nitrogens with zero attached hydrogens (tertiary/aromatic N) is 1. The van der Waals surface area contributed by atoms with Gasteiger partial charge in [-0.05, 0) is 38.1 Å². The van der Waals surface area contributed by atoms with E-state index in [1.165, 1.54) is 6.07 Å². The van der Waals surface area contributed by atoms with E-state index in [-0.39, 0.29) is 12.2 Å². The number of hydrogen-bond donors (Lipinski definition) is 2. The maximum Gasteiger partial charge on any atom is 0.238 e. The van der Waals surface area contributed by atoms with Crippen LogP contribution >= 0.6 is 0 Å². The average molecular weight is 297 g/mol. The minimum atomic E-state index is -0.760. The molecule has 1 aromatic carbocycles. The zero-order chi connectivity index (χ0) is 15.2. The number of amides is 1. The molecule has 0 saturated carbocycles. The summed E-state index contributed by atoms with van der Waals surface area (Å²) in [5, 5.41) is 5.69. The van der Waals surface area contributed by atoms with Crippen LogP contribution in [0.3, 0.4) is 0 Å². The highest BCUT2D eigenvalue weighted by atomic mass is 19.1. The van der Waals surface area contributed by atoms with Gasteiger partial charge in [-0.1, -0.05) is 13.0 Å². The minimum Gasteiger partial charge on any atom is -0.320 e. The van der Waals surface area contributed by atoms with E-state index in [0.29, 0.717) is 12.6 Å². The van der Waals surface area contributed by atoms with Crippen molar-refractivity contribution >= 4 is 11.6 Å². The van der Waals surface area contributed by atoms with Gasteiger partial charge in [-0.25, -0.2) is 8.78 Å². The minimum absolute atomic E-state index is 0.127. The number of para-hydroxylation sites is 1. The lowest BCUT2D eigenvalue weighted by atomic mass is 10.2. The zero-order valence-corrected chi connectivity index (χ0v) is 12.2. The molecule has 1 aliphatic rings. The Hall–Kier alpha value is -1.53. The highest BCUT2D eigenvalue weighted by molar-refractivity contribution is 5.92. The summed E-state index contributed by atoms with van der Waals surface area (Å²) < 4.78 is 27.0. The molecule has 0 aliphatic carbocycles. The van der Waals surface area contributed by atoms with E-state index in [1.807, 2.05) is 11.8 Å². The first kappa shape index (κ1) is 15.9. The molecule has 1 atom stereocenters. The molecule has 1 aromatic rings. The van der Waals surface area contributed by atoms with E-state index in [2.05, 4.69) is 10.6 Å². The van der Waals surface area contributed by atoms with Crippen LogP contribution < -0.4 is 10.6 Å². The Morgan fingerprint density at radius 1 is 1.43 bits per heavy atom. The molecule has 1 saturated heterocycles. The molecule has 1 heterocycles. The number of hydrogen-bond acceptors (Lipinski definition) is 3. The predicted molar refractivity (Wildman–Crippen MR) is 78.1 cm³/mol. The number of carbonyl (C=O) groups is 1. The molecule has 0 spiro atoms. The van der Waals surface area contributed by atoms with Crippen molar-refractivity contribution in [3.63, 3.8) is 0 Å². The quantitative estimate of drug-likeness (QED) is 0.844. The Kier molecular flexibility index (Phi) is 5.64. The van der Waals surface area contributed by atoms with Gasteiger partial charge in [0.15, 0.2) is 0 Å². The van der Waals surface area contributed by atoms with Crippen molar-refractivity contribution in [2.75, 3.05) is 31.5 Å². The molecule has 0 bridgehead atoms. The van der Waals surface area contributed by atoms with Crippen LogP contribution in [-0.4, -0.2) is 43.0 Å². The van der Waals surface area contributed by atoms with E-state index in [4.69, 9.17) is 0 Å². The van der Waals surface area contributed by atoms with Crippen LogP contribution in [0.4, 0.5) is 14.5 Å². The molecule has 1 unspecified atom stereocenters. The summed E-state index contributed by atoms with van der Waals surface area (Å²) in [5.41, 5.74) is -0.377. The number of carbonyl (C=O) groups excluding carboxylic acids is 1. The standard InChI is InChI=1S/C15H21F2N3O/c1-2-20(9-11-5-4-8-18-11)10-14(21)19-15-12(16)6-3-7-13(15)17/h3,6-7,11,18H,2,4-5,8-10H2,1H3,(H,19,21). The molecular weight excluding hydrogens is 276 g/mol. The Balaban J connectivity index is 1.90. The van der Waals surface area contributed by atoms with Gasteiger partial charge in [0, 0.05) is 12.6 Å². The summed E-state index contributed by atoms with van der Waals surface area (Å²) >= 11 is 0. The molecule has 4 nitrogen and oxygen atoms in total. The van der Waals surface area contributed by atoms with Crippen LogP contribution in [0.2, 0.25) is 0 Å². The van der Waals surface area contributed by atoms with E-state index in [9.17, 15) is 13.6 Å². The fourth-order valence-electron chi connectivity index (χ4n) is 2.53. The molecule has 0 aromatic heterocycles. The topological polar surface area (TPSA) is 44.4 Å². The number of rotatable bonds is 6. The van der Waals surface area contributed by atoms with Crippen LogP contribution in [0.15, 0.2) is 18.2 Å². The number of likely N-dealkylation sites (N-methyl/N-ethyl adjacent to an activating group) is 1. The van der Waals surface area contributed by atoms with Crippen molar-refractivity contribution in [1.82, 2.24) is 10.2 Å². The Morgan fingerprint density at radius 2 is 2.14 bits per heavy atom. The first-order valence-corrected chi connectivity index (χ1v) is 7.29. The van der Waals surface area contributed by atoms with Crippen molar-refractivity contribution in [3.8, 4) is 0 Å². The van der Waals surface area contributed by atoms with Crippen molar-refractivity contribution in [2.24, 2.45) is 0 Å². The first-order valence-electron chi connectivity index (χ1n) is 7.29. The van der Waals surface area contributed by atoms with Crippen LogP contribution in [0.25, 0.3) is 0 Å². The number of halogens is 2. The molecule has 1 amide bonds. The largest absolute Gasteiger partial charge is 0.320 e. The zero-order valence-electron chi connectivity index (χ0n) is 12.2. The number of nitrogens with one attached hydrogen (secondary N) is 2. The lowest BCUT2D eigenvalue weighted by Gasteiger charge is -2.23. The van der Waals surface area contributed by atoms with Gasteiger partial charge in [-0.3, -0.25) is 9.69 Å². The monoisotopic (exact) mass is 297 g/mol. The Bertz CT molecular complexity index is 470. The van der Waals surface area contributed by atoms with Gasteiger partial charge in [0.25, 0.3) is 0 Å². The van der Waals surface area contributed by atoms with E-state index < -0.39 is 17.5 Å². The summed E-state index contributed by atoms with van der Waals surface area (Å²) in [6.45, 7) is 4.58. The highest BCUT2D eigenvalue weighted by Gasteiger charge is 2.19. The van der Waals surface area contributed by atoms with Crippen LogP contribution in [-0.2, 0) is 4.79 Å². The second-order valence-electron chi connectivity index (χ2n) is 5.27. The smallest absolute Gasteiger partial charge is 0.238 e. The van der Waals surface area contributed by atoms with Crippen molar-refractivity contribution < 1.29 is 13.6 Å². The maximum absolute atomic E-state index is 13.5. The van der Waals surface area contributed by atoms with E-state index in [0.717, 1.165) is 38.1 Å². The Labute approximate surface area is 123 Å². The SMILES string of the molecule is CCN(CC(=O)Nc1c(F)cccc1F)CC1CCCN1. The van der Waals surface area contributed by atoms with E-state index >= 15 is 0 Å². The summed E-state index contributed by atoms with van der Waals surface area (Å²) in [7, 11) is 0. The molecule has 0 radical (unpaired) electrons. The molecule has 1 fully saturated rings. The normalized spacial score (nSPS) is 18.2. The molecule has 1 aliphatic heterocycles. The van der Waals surface area contributed by atoms with Gasteiger partial charge in [-0.2, -0.15) is 0 Å². The van der Waals surface area contributed by atoms with Gasteiger partial charge < -0.3 is 10.6 Å². The molecule has 2 rings (SSSR count). The van der Waals surface area contributed by atoms with Gasteiger partial charge >= 0.3 is 0 Å². The first-order chi connectivity index (χ1) is 10.1. The van der Waals surface area contributed by atoms with Crippen molar-refractivity contribution in [2.45, 2.75) is 25.8 Å². The second kappa shape index (κ2) is 7.47. The van der Waals surface area contributed by atoms with Gasteiger partial charge in [-0.15, -0.1) is 0 Å². The summed E-state index contributed by atoms with van der Waals surface area (Å²) in [4.78, 5) is 13.9. The lowest BCUT2D eigenvalue weighted by molar-refractivity contribution is -0.117. The van der Waals surface area contributed by atoms with Crippen LogP contribution in [0, 0.1) is 11.6 Å². The third-order valence-corrected chi connectivity index (χ3v) is 3.68. The van der Waals surface area contributed by atoms with Crippen molar-refractivity contribution in [1.29, 1.82) is 0 Å². The maximum atomic E-state index is 13.5. The highest BCUT2D eigenvalue weighted by Crippen LogP contribution is 2.17. The number of anilines is 1. The molecular formula is C15H21F2N3O. The van der Waals surface area contributed by atoms with Gasteiger partial charge in [0.05, 0.1) is 6.54 Å². The van der Waals surface area contributed by atoms with Crippen LogP contribution in [0.5, 0.6) is 0 Å². The summed E-state index contributed by atoms with van der Waals surface area (Å²) in [5.74, 6) is -1.92. The van der Waals surface area contributed by atoms with Gasteiger partial charge in [0.1, 0.15) is 17.3 Å². The third kappa shape index (κ3) is 4.47. The molecule has 116 valence electrons. The van der Waals surface area contributed by atoms with Crippen LogP contribution in [0.1, 0.15) is 19.8 Å². The predicted octanol–water partition coefficient (Wildman–Crippen LogP) is 1.98. The molecule has 6 heteroatoms. The lowest BCUT2D eigenvalue weighted by Crippen LogP contribution is -2.41. The average Bonchev–Trinajstić information content (AvgIpc) is 2.95. The van der Waals surface area contributed by atoms with Crippen molar-refractivity contribution in [3.05, 3.63) is 29.8 Å². The third-order valence-electron chi connectivity index (χ3n) is 3.68. The molecule has 21 heavy (non-hydrogen) atoms. The fourth-order valence-corrected chi connectivity index (χ4v) is 2.53. The van der Waals surface area contributed by atoms with Gasteiger partial charge in [0.2, 0.25) is 5.91 Å². The fraction of sp³-hybridized carbons (Fsp3) is 0.533. The molecule has 2 N–H and O–H groups in total. The summed E-state index contributed by atoms with van der Waals surface area (Å²) in [6.07, 6.45) is 2.24. The Morgan fingerprint density at radius 3 is 2.71 bits per heavy atom.